The van der Waals surface area contributed by atoms with Crippen molar-refractivity contribution in [1.82, 2.24) is 0 Å². The average Bonchev–Trinajstić information content (AvgIpc) is 2.60. The van der Waals surface area contributed by atoms with Crippen LogP contribution in [0.2, 0.25) is 0 Å². The van der Waals surface area contributed by atoms with Crippen LogP contribution in [0.1, 0.15) is 40.5 Å². The first-order chi connectivity index (χ1) is 10.2. The van der Waals surface area contributed by atoms with Crippen LogP contribution in [-0.2, 0) is 23.9 Å². The summed E-state index contributed by atoms with van der Waals surface area (Å²) in [6, 6.07) is 0. The second-order valence-corrected chi connectivity index (χ2v) is 6.70. The van der Waals surface area contributed by atoms with Gasteiger partial charge in [-0.3, -0.25) is 14.4 Å². The fourth-order valence-electron chi connectivity index (χ4n) is 4.07. The van der Waals surface area contributed by atoms with Crippen LogP contribution in [0.4, 0.5) is 0 Å². The topological polar surface area (TPSA) is 69.7 Å². The summed E-state index contributed by atoms with van der Waals surface area (Å²) in [7, 11) is 0. The fourth-order valence-corrected chi connectivity index (χ4v) is 4.07. The summed E-state index contributed by atoms with van der Waals surface area (Å²) in [6.45, 7) is 10.4. The third kappa shape index (κ3) is 2.69. The number of ether oxygens (including phenoxy) is 2. The Labute approximate surface area is 131 Å². The monoisotopic (exact) mass is 308 g/mol. The molecule has 0 unspecified atom stereocenters. The number of hydrogen-bond donors (Lipinski definition) is 0. The van der Waals surface area contributed by atoms with Gasteiger partial charge in [0.2, 0.25) is 0 Å². The van der Waals surface area contributed by atoms with E-state index in [0.29, 0.717) is 12.8 Å². The first-order valence-corrected chi connectivity index (χ1v) is 7.74. The fraction of sp³-hybridized carbons (Fsp3) is 0.706. The van der Waals surface area contributed by atoms with Crippen LogP contribution in [0.3, 0.4) is 0 Å². The number of hydrogen-bond acceptors (Lipinski definition) is 5. The van der Waals surface area contributed by atoms with Gasteiger partial charge in [0.15, 0.2) is 0 Å². The van der Waals surface area contributed by atoms with Gasteiger partial charge >= 0.3 is 11.9 Å². The molecule has 0 spiro atoms. The molecule has 0 aromatic rings. The van der Waals surface area contributed by atoms with Crippen molar-refractivity contribution in [2.45, 2.75) is 52.2 Å². The van der Waals surface area contributed by atoms with E-state index in [2.05, 4.69) is 6.58 Å². The molecule has 1 saturated heterocycles. The van der Waals surface area contributed by atoms with E-state index < -0.39 is 17.6 Å². The summed E-state index contributed by atoms with van der Waals surface area (Å²) in [5, 5.41) is 0. The van der Waals surface area contributed by atoms with Gasteiger partial charge in [0.05, 0.1) is 11.8 Å². The molecule has 1 saturated carbocycles. The normalized spacial score (nSPS) is 41.1. The lowest BCUT2D eigenvalue weighted by atomic mass is 9.74. The minimum Gasteiger partial charge on any atom is -0.461 e. The van der Waals surface area contributed by atoms with E-state index in [0.717, 1.165) is 0 Å². The SMILES string of the molecule is C=C[C@@H]1[C@@H](C(C)=O)[C@H]2OC(=O)[C@@H](C)[C@@H]2CC[C@@]1(C)OC(C)=O. The predicted molar refractivity (Wildman–Crippen MR) is 79.8 cm³/mol. The Morgan fingerprint density at radius 3 is 2.55 bits per heavy atom. The Balaban J connectivity index is 2.46. The van der Waals surface area contributed by atoms with E-state index in [1.165, 1.54) is 13.8 Å². The second-order valence-electron chi connectivity index (χ2n) is 6.70. The molecule has 122 valence electrons. The van der Waals surface area contributed by atoms with Gasteiger partial charge in [0, 0.05) is 18.8 Å². The van der Waals surface area contributed by atoms with Crippen molar-refractivity contribution < 1.29 is 23.9 Å². The van der Waals surface area contributed by atoms with Crippen LogP contribution in [0, 0.1) is 23.7 Å². The average molecular weight is 308 g/mol. The first-order valence-electron chi connectivity index (χ1n) is 7.74. The molecule has 0 radical (unpaired) electrons. The van der Waals surface area contributed by atoms with Gasteiger partial charge in [-0.05, 0) is 26.7 Å². The quantitative estimate of drug-likeness (QED) is 0.591. The number of carbonyl (C=O) groups is 3. The third-order valence-corrected chi connectivity index (χ3v) is 5.21. The minimum absolute atomic E-state index is 0.0266. The van der Waals surface area contributed by atoms with Crippen molar-refractivity contribution in [1.29, 1.82) is 0 Å². The van der Waals surface area contributed by atoms with E-state index in [9.17, 15) is 14.4 Å². The second kappa shape index (κ2) is 5.86. The van der Waals surface area contributed by atoms with Gasteiger partial charge in [-0.2, -0.15) is 0 Å². The Kier molecular flexibility index (Phi) is 4.45. The van der Waals surface area contributed by atoms with Gasteiger partial charge in [-0.25, -0.2) is 0 Å². The number of fused-ring (bicyclic) bond motifs is 1. The van der Waals surface area contributed by atoms with Gasteiger partial charge in [-0.1, -0.05) is 13.0 Å². The van der Waals surface area contributed by atoms with Crippen molar-refractivity contribution >= 4 is 17.7 Å². The number of ketones is 1. The molecule has 5 nitrogen and oxygen atoms in total. The summed E-state index contributed by atoms with van der Waals surface area (Å²) in [5.74, 6) is -1.86. The Hall–Kier alpha value is -1.65. The highest BCUT2D eigenvalue weighted by molar-refractivity contribution is 5.82. The van der Waals surface area contributed by atoms with Crippen LogP contribution in [-0.4, -0.2) is 29.4 Å². The van der Waals surface area contributed by atoms with Crippen molar-refractivity contribution in [2.24, 2.45) is 23.7 Å². The summed E-state index contributed by atoms with van der Waals surface area (Å²) in [6.07, 6.45) is 2.46. The highest BCUT2D eigenvalue weighted by atomic mass is 16.6. The molecule has 6 atom stereocenters. The first kappa shape index (κ1) is 16.7. The molecule has 0 amide bonds. The van der Waals surface area contributed by atoms with Gasteiger partial charge in [0.1, 0.15) is 17.5 Å². The van der Waals surface area contributed by atoms with Gasteiger partial charge < -0.3 is 9.47 Å². The van der Waals surface area contributed by atoms with E-state index in [4.69, 9.17) is 9.47 Å². The third-order valence-electron chi connectivity index (χ3n) is 5.21. The smallest absolute Gasteiger partial charge is 0.309 e. The van der Waals surface area contributed by atoms with Crippen LogP contribution >= 0.6 is 0 Å². The Bertz CT molecular complexity index is 511. The predicted octanol–water partition coefficient (Wildman–Crippen LogP) is 2.29. The molecular weight excluding hydrogens is 284 g/mol. The number of rotatable bonds is 3. The minimum atomic E-state index is -0.805. The zero-order valence-electron chi connectivity index (χ0n) is 13.6. The molecule has 2 fully saturated rings. The molecule has 5 heteroatoms. The lowest BCUT2D eigenvalue weighted by Gasteiger charge is -2.38. The summed E-state index contributed by atoms with van der Waals surface area (Å²) < 4.78 is 11.1. The summed E-state index contributed by atoms with van der Waals surface area (Å²) in [4.78, 5) is 35.7. The Morgan fingerprint density at radius 1 is 1.41 bits per heavy atom. The molecule has 2 rings (SSSR count). The maximum atomic E-state index is 12.3. The maximum Gasteiger partial charge on any atom is 0.309 e. The molecule has 0 bridgehead atoms. The number of carbonyl (C=O) groups excluding carboxylic acids is 3. The molecule has 22 heavy (non-hydrogen) atoms. The van der Waals surface area contributed by atoms with Crippen molar-refractivity contribution in [3.63, 3.8) is 0 Å². The molecule has 1 heterocycles. The summed E-state index contributed by atoms with van der Waals surface area (Å²) in [5.41, 5.74) is -0.805. The molecule has 0 N–H and O–H groups in total. The highest BCUT2D eigenvalue weighted by Gasteiger charge is 2.56. The molecule has 2 aliphatic rings. The molecule has 0 aromatic heterocycles. The van der Waals surface area contributed by atoms with E-state index >= 15 is 0 Å². The van der Waals surface area contributed by atoms with Gasteiger partial charge in [0.25, 0.3) is 0 Å². The lowest BCUT2D eigenvalue weighted by Crippen LogP contribution is -2.46. The zero-order chi connectivity index (χ0) is 16.7. The number of Topliss-reactive ketones (excluding diaryl/α,β-unsaturated/α-hetero) is 1. The van der Waals surface area contributed by atoms with E-state index in [1.807, 2.05) is 13.8 Å². The van der Waals surface area contributed by atoms with Crippen LogP contribution in [0.25, 0.3) is 0 Å². The molecule has 1 aliphatic heterocycles. The van der Waals surface area contributed by atoms with Crippen LogP contribution in [0.15, 0.2) is 12.7 Å². The highest BCUT2D eigenvalue weighted by Crippen LogP contribution is 2.48. The number of esters is 2. The van der Waals surface area contributed by atoms with Crippen LogP contribution in [0.5, 0.6) is 0 Å². The van der Waals surface area contributed by atoms with Crippen LogP contribution < -0.4 is 0 Å². The zero-order valence-corrected chi connectivity index (χ0v) is 13.6. The lowest BCUT2D eigenvalue weighted by molar-refractivity contribution is -0.166. The Morgan fingerprint density at radius 2 is 2.05 bits per heavy atom. The maximum absolute atomic E-state index is 12.3. The van der Waals surface area contributed by atoms with Crippen molar-refractivity contribution in [3.8, 4) is 0 Å². The molecule has 0 aromatic carbocycles. The summed E-state index contributed by atoms with van der Waals surface area (Å²) >= 11 is 0. The molecule has 1 aliphatic carbocycles. The van der Waals surface area contributed by atoms with Gasteiger partial charge in [-0.15, -0.1) is 6.58 Å². The van der Waals surface area contributed by atoms with Crippen molar-refractivity contribution in [3.05, 3.63) is 12.7 Å². The standard InChI is InChI=1S/C17H24O5/c1-6-13-14(10(3)18)15-12(9(2)16(20)21-15)7-8-17(13,5)22-11(4)19/h6,9,12-15H,1,7-8H2,2-5H3/t9-,12-,13+,14+,15-,17+/m0/s1. The largest absolute Gasteiger partial charge is 0.461 e. The van der Waals surface area contributed by atoms with E-state index in [-0.39, 0.29) is 35.5 Å². The van der Waals surface area contributed by atoms with E-state index in [1.54, 1.807) is 6.08 Å². The molecular formula is C17H24O5. The van der Waals surface area contributed by atoms with Crippen molar-refractivity contribution in [2.75, 3.05) is 0 Å².